The Hall–Kier alpha value is -0.920. The maximum absolute atomic E-state index is 13.6. The number of benzene rings is 1. The Balaban J connectivity index is 2.41. The molecule has 2 atom stereocenters. The van der Waals surface area contributed by atoms with Crippen LogP contribution in [-0.4, -0.2) is 14.5 Å². The Kier molecular flexibility index (Phi) is 3.90. The number of nitriles is 1. The van der Waals surface area contributed by atoms with Crippen LogP contribution in [0.4, 0.5) is 19.4 Å². The predicted molar refractivity (Wildman–Crippen MR) is 91.7 cm³/mol. The van der Waals surface area contributed by atoms with Crippen LogP contribution >= 0.6 is 56.6 Å². The van der Waals surface area contributed by atoms with E-state index in [9.17, 15) is 19.4 Å². The van der Waals surface area contributed by atoms with Gasteiger partial charge >= 0.3 is 10.2 Å². The lowest BCUT2D eigenvalue weighted by Crippen LogP contribution is -2.11. The second-order valence-corrected chi connectivity index (χ2v) is 10.3. The van der Waals surface area contributed by atoms with Gasteiger partial charge < -0.3 is 0 Å². The zero-order chi connectivity index (χ0) is 19.8. The second kappa shape index (κ2) is 5.11. The summed E-state index contributed by atoms with van der Waals surface area (Å²) in [7, 11) is -10.2. The molecule has 1 aromatic carbocycles. The van der Waals surface area contributed by atoms with E-state index in [0.29, 0.717) is 0 Å². The topological polar surface area (TPSA) is 52.5 Å². The molecule has 142 valence electrons. The van der Waals surface area contributed by atoms with Gasteiger partial charge in [-0.15, -0.1) is 0 Å². The number of halogens is 9. The Morgan fingerprint density at radius 1 is 1.19 bits per heavy atom. The highest BCUT2D eigenvalue weighted by Crippen LogP contribution is 3.03. The Labute approximate surface area is 163 Å². The fraction of sp³-hybridized carbons (Fsp3) is 0.231. The third kappa shape index (κ3) is 3.12. The van der Waals surface area contributed by atoms with E-state index in [-0.39, 0.29) is 17.2 Å². The summed E-state index contributed by atoms with van der Waals surface area (Å²) in [5.41, 5.74) is -1.04. The summed E-state index contributed by atoms with van der Waals surface area (Å²) in [6.07, 6.45) is 2.46. The first-order valence-electron chi connectivity index (χ1n) is 6.62. The highest BCUT2D eigenvalue weighted by Gasteiger charge is 2.72. The molecule has 1 aliphatic carbocycles. The molecule has 1 N–H and O–H groups in total. The van der Waals surface area contributed by atoms with Crippen LogP contribution in [0, 0.1) is 17.2 Å². The lowest BCUT2D eigenvalue weighted by molar-refractivity contribution is 0.362. The smallest absolute Gasteiger partial charge is 0.285 e. The summed E-state index contributed by atoms with van der Waals surface area (Å²) in [6.45, 7) is 0. The lowest BCUT2D eigenvalue weighted by Gasteiger charge is -2.42. The average molecular weight is 473 g/mol. The summed E-state index contributed by atoms with van der Waals surface area (Å²) in [6, 6.07) is 1.69. The van der Waals surface area contributed by atoms with Gasteiger partial charge in [0.2, 0.25) is 0 Å². The van der Waals surface area contributed by atoms with E-state index < -0.39 is 46.9 Å². The molecule has 1 fully saturated rings. The maximum atomic E-state index is 13.6. The van der Waals surface area contributed by atoms with Crippen molar-refractivity contribution in [2.24, 2.45) is 5.92 Å². The molecule has 26 heavy (non-hydrogen) atoms. The van der Waals surface area contributed by atoms with Gasteiger partial charge in [0, 0.05) is 28.8 Å². The number of nitrogens with zero attached hydrogens (tertiary/aromatic N) is 2. The molecule has 3 rings (SSSR count). The molecule has 1 aromatic heterocycles. The Morgan fingerprint density at radius 2 is 1.81 bits per heavy atom. The van der Waals surface area contributed by atoms with Crippen molar-refractivity contribution in [2.45, 2.75) is 15.1 Å². The van der Waals surface area contributed by atoms with E-state index in [0.717, 1.165) is 0 Å². The summed E-state index contributed by atoms with van der Waals surface area (Å²) in [5.74, 6) is -2.91. The predicted octanol–water partition coefficient (Wildman–Crippen LogP) is 7.45. The molecule has 0 amide bonds. The van der Waals surface area contributed by atoms with Gasteiger partial charge in [0.05, 0.1) is 28.2 Å². The second-order valence-electron chi connectivity index (χ2n) is 5.67. The minimum atomic E-state index is -10.2. The lowest BCUT2D eigenvalue weighted by atomic mass is 10.0. The van der Waals surface area contributed by atoms with Gasteiger partial charge in [0.1, 0.15) is 9.23 Å². The molecule has 0 saturated heterocycles. The monoisotopic (exact) mass is 471 g/mol. The van der Waals surface area contributed by atoms with Gasteiger partial charge in [-0.3, -0.25) is 5.10 Å². The minimum Gasteiger partial charge on any atom is -0.285 e. The third-order valence-electron chi connectivity index (χ3n) is 3.92. The molecule has 1 heterocycles. The van der Waals surface area contributed by atoms with E-state index in [4.69, 9.17) is 51.7 Å². The van der Waals surface area contributed by atoms with Crippen LogP contribution in [-0.2, 0) is 0 Å². The third-order valence-corrected chi connectivity index (χ3v) is 6.72. The number of rotatable bonds is 3. The summed E-state index contributed by atoms with van der Waals surface area (Å²) in [4.78, 5) is -2.30. The summed E-state index contributed by atoms with van der Waals surface area (Å²) in [5, 5.41) is 13.7. The quantitative estimate of drug-likeness (QED) is 0.372. The first kappa shape index (κ1) is 19.8. The Morgan fingerprint density at radius 3 is 2.23 bits per heavy atom. The first-order valence-corrected chi connectivity index (χ1v) is 10.1. The standard InChI is InChI=1S/C13H6Cl4F5N3S/c14-7-1-8(26(18,19,20,21)22)10(11-6(2-23)13(11,16)17)12(15)9(7)5-3-24-25-4-5/h1,3-4,6,11H,(H,24,25). The van der Waals surface area contributed by atoms with Crippen molar-refractivity contribution in [3.05, 3.63) is 34.1 Å². The number of aromatic amines is 1. The first-order chi connectivity index (χ1) is 11.6. The van der Waals surface area contributed by atoms with E-state index >= 15 is 0 Å². The van der Waals surface area contributed by atoms with E-state index in [1.807, 2.05) is 0 Å². The summed E-state index contributed by atoms with van der Waals surface area (Å²) < 4.78 is 66.1. The molecule has 0 bridgehead atoms. The van der Waals surface area contributed by atoms with Crippen molar-refractivity contribution in [2.75, 3.05) is 0 Å². The highest BCUT2D eigenvalue weighted by atomic mass is 35.5. The molecule has 13 heteroatoms. The van der Waals surface area contributed by atoms with Crippen LogP contribution in [0.5, 0.6) is 0 Å². The van der Waals surface area contributed by atoms with Crippen molar-refractivity contribution in [1.82, 2.24) is 10.2 Å². The SMILES string of the molecule is N#CC1C(c2c(S(F)(F)(F)(F)F)cc(Cl)c(-c3cn[nH]c3)c2Cl)C1(Cl)Cl. The average Bonchev–Trinajstić information content (AvgIpc) is 2.83. The number of aromatic nitrogens is 2. The van der Waals surface area contributed by atoms with Crippen molar-refractivity contribution < 1.29 is 19.4 Å². The largest absolute Gasteiger partial charge is 0.310 e. The van der Waals surface area contributed by atoms with Gasteiger partial charge in [-0.25, -0.2) is 0 Å². The van der Waals surface area contributed by atoms with Crippen molar-refractivity contribution >= 4 is 56.6 Å². The molecule has 3 nitrogen and oxygen atoms in total. The van der Waals surface area contributed by atoms with Crippen LogP contribution in [0.25, 0.3) is 11.1 Å². The molecule has 1 aliphatic rings. The van der Waals surface area contributed by atoms with Crippen molar-refractivity contribution in [3.63, 3.8) is 0 Å². The maximum Gasteiger partial charge on any atom is 0.310 e. The fourth-order valence-corrected chi connectivity index (χ4v) is 5.31. The molecular weight excluding hydrogens is 467 g/mol. The van der Waals surface area contributed by atoms with Crippen LogP contribution in [0.1, 0.15) is 11.5 Å². The molecular formula is C13H6Cl4F5N3S. The molecule has 2 aromatic rings. The van der Waals surface area contributed by atoms with Crippen molar-refractivity contribution in [1.29, 1.82) is 5.26 Å². The Bertz CT molecular complexity index is 954. The van der Waals surface area contributed by atoms with Gasteiger partial charge in [-0.05, 0) is 6.07 Å². The van der Waals surface area contributed by atoms with Gasteiger partial charge in [-0.1, -0.05) is 65.8 Å². The van der Waals surface area contributed by atoms with E-state index in [1.165, 1.54) is 12.4 Å². The van der Waals surface area contributed by atoms with Crippen LogP contribution in [0.15, 0.2) is 23.4 Å². The van der Waals surface area contributed by atoms with Gasteiger partial charge in [0.25, 0.3) is 0 Å². The number of hydrogen-bond donors (Lipinski definition) is 1. The molecule has 1 saturated carbocycles. The van der Waals surface area contributed by atoms with Gasteiger partial charge in [-0.2, -0.15) is 10.4 Å². The summed E-state index contributed by atoms with van der Waals surface area (Å²) >= 11 is 23.6. The zero-order valence-electron chi connectivity index (χ0n) is 12.1. The van der Waals surface area contributed by atoms with Crippen LogP contribution in [0.3, 0.4) is 0 Å². The molecule has 2 unspecified atom stereocenters. The number of nitrogens with one attached hydrogen (secondary N) is 1. The highest BCUT2D eigenvalue weighted by molar-refractivity contribution is 8.45. The number of alkyl halides is 2. The zero-order valence-corrected chi connectivity index (χ0v) is 15.9. The normalized spacial score (nSPS) is 24.5. The van der Waals surface area contributed by atoms with Gasteiger partial charge in [0.15, 0.2) is 0 Å². The number of hydrogen-bond acceptors (Lipinski definition) is 2. The van der Waals surface area contributed by atoms with E-state index in [2.05, 4.69) is 10.2 Å². The van der Waals surface area contributed by atoms with Crippen LogP contribution < -0.4 is 0 Å². The fourth-order valence-electron chi connectivity index (χ4n) is 2.72. The van der Waals surface area contributed by atoms with E-state index in [1.54, 1.807) is 6.07 Å². The molecule has 0 radical (unpaired) electrons. The van der Waals surface area contributed by atoms with Crippen molar-refractivity contribution in [3.8, 4) is 17.2 Å². The molecule has 0 aliphatic heterocycles. The van der Waals surface area contributed by atoms with Crippen LogP contribution in [0.2, 0.25) is 10.0 Å². The molecule has 0 spiro atoms. The number of H-pyrrole nitrogens is 1. The minimum absolute atomic E-state index is 0.0866.